The first-order chi connectivity index (χ1) is 14.6. The predicted molar refractivity (Wildman–Crippen MR) is 108 cm³/mol. The smallest absolute Gasteiger partial charge is 0.423 e. The number of sulfonamides is 1. The summed E-state index contributed by atoms with van der Waals surface area (Å²) in [6.45, 7) is 0. The average molecular weight is 450 g/mol. The first kappa shape index (κ1) is 22.3. The molecule has 0 aliphatic rings. The van der Waals surface area contributed by atoms with E-state index in [2.05, 4.69) is 10.0 Å². The van der Waals surface area contributed by atoms with Crippen molar-refractivity contribution in [2.45, 2.75) is 4.90 Å². The van der Waals surface area contributed by atoms with Gasteiger partial charge in [0.15, 0.2) is 17.5 Å². The van der Waals surface area contributed by atoms with Gasteiger partial charge in [-0.3, -0.25) is 9.52 Å². The number of benzene rings is 3. The van der Waals surface area contributed by atoms with Gasteiger partial charge in [-0.2, -0.15) is 0 Å². The van der Waals surface area contributed by atoms with Crippen LogP contribution in [0, 0.1) is 17.5 Å². The molecule has 4 N–H and O–H groups in total. The van der Waals surface area contributed by atoms with Gasteiger partial charge in [-0.1, -0.05) is 24.3 Å². The molecule has 160 valence electrons. The molecule has 0 unspecified atom stereocenters. The van der Waals surface area contributed by atoms with Gasteiger partial charge in [-0.05, 0) is 24.3 Å². The molecule has 31 heavy (non-hydrogen) atoms. The van der Waals surface area contributed by atoms with E-state index >= 15 is 0 Å². The molecule has 3 rings (SSSR count). The number of rotatable bonds is 6. The summed E-state index contributed by atoms with van der Waals surface area (Å²) in [5.41, 5.74) is -0.688. The molecule has 3 aromatic rings. The minimum atomic E-state index is -4.24. The van der Waals surface area contributed by atoms with E-state index in [1.807, 2.05) is 0 Å². The van der Waals surface area contributed by atoms with Gasteiger partial charge < -0.3 is 15.4 Å². The lowest BCUT2D eigenvalue weighted by Crippen LogP contribution is -2.33. The SMILES string of the molecule is O=C(Nc1cc(F)c(F)c(F)c1)c1cccc(S(=O)(=O)Nc2ccccc2B(O)O)c1. The second-order valence-electron chi connectivity index (χ2n) is 6.30. The third-order valence-corrected chi connectivity index (χ3v) is 5.49. The van der Waals surface area contributed by atoms with E-state index < -0.39 is 40.5 Å². The van der Waals surface area contributed by atoms with Crippen LogP contribution < -0.4 is 15.5 Å². The highest BCUT2D eigenvalue weighted by Gasteiger charge is 2.22. The lowest BCUT2D eigenvalue weighted by atomic mass is 9.79. The lowest BCUT2D eigenvalue weighted by Gasteiger charge is -2.13. The van der Waals surface area contributed by atoms with E-state index in [1.165, 1.54) is 42.5 Å². The molecule has 0 fully saturated rings. The van der Waals surface area contributed by atoms with Crippen molar-refractivity contribution < 1.29 is 36.4 Å². The second kappa shape index (κ2) is 8.80. The van der Waals surface area contributed by atoms with Gasteiger partial charge in [0, 0.05) is 34.5 Å². The first-order valence-electron chi connectivity index (χ1n) is 8.62. The lowest BCUT2D eigenvalue weighted by molar-refractivity contribution is 0.102. The van der Waals surface area contributed by atoms with E-state index in [4.69, 9.17) is 0 Å². The van der Waals surface area contributed by atoms with Crippen LogP contribution in [0.15, 0.2) is 65.6 Å². The van der Waals surface area contributed by atoms with Gasteiger partial charge in [-0.25, -0.2) is 21.6 Å². The molecule has 3 aromatic carbocycles. The minimum absolute atomic E-state index is 0.0791. The summed E-state index contributed by atoms with van der Waals surface area (Å²) in [5, 5.41) is 20.9. The van der Waals surface area contributed by atoms with Crippen LogP contribution in [0.2, 0.25) is 0 Å². The summed E-state index contributed by atoms with van der Waals surface area (Å²) in [4.78, 5) is 12.0. The zero-order valence-corrected chi connectivity index (χ0v) is 16.3. The Labute approximate surface area is 175 Å². The second-order valence-corrected chi connectivity index (χ2v) is 7.98. The molecular weight excluding hydrogens is 436 g/mol. The van der Waals surface area contributed by atoms with Gasteiger partial charge in [0.05, 0.1) is 4.90 Å². The van der Waals surface area contributed by atoms with Crippen molar-refractivity contribution in [3.05, 3.63) is 83.7 Å². The monoisotopic (exact) mass is 450 g/mol. The highest BCUT2D eigenvalue weighted by Crippen LogP contribution is 2.20. The number of halogens is 3. The number of para-hydroxylation sites is 1. The van der Waals surface area contributed by atoms with Gasteiger partial charge in [0.1, 0.15) is 0 Å². The molecule has 0 heterocycles. The topological polar surface area (TPSA) is 116 Å². The zero-order chi connectivity index (χ0) is 22.8. The van der Waals surface area contributed by atoms with Crippen LogP contribution in [0.5, 0.6) is 0 Å². The number of carbonyl (C=O) groups is 1. The van der Waals surface area contributed by atoms with Gasteiger partial charge in [0.2, 0.25) is 0 Å². The Morgan fingerprint density at radius 3 is 2.19 bits per heavy atom. The highest BCUT2D eigenvalue weighted by molar-refractivity contribution is 7.92. The highest BCUT2D eigenvalue weighted by atomic mass is 32.2. The van der Waals surface area contributed by atoms with E-state index in [9.17, 15) is 36.4 Å². The molecule has 0 atom stereocenters. The first-order valence-corrected chi connectivity index (χ1v) is 10.1. The minimum Gasteiger partial charge on any atom is -0.423 e. The van der Waals surface area contributed by atoms with Gasteiger partial charge >= 0.3 is 7.12 Å². The van der Waals surface area contributed by atoms with Crippen LogP contribution in [-0.2, 0) is 10.0 Å². The number of amides is 1. The van der Waals surface area contributed by atoms with Crippen molar-refractivity contribution in [3.63, 3.8) is 0 Å². The zero-order valence-electron chi connectivity index (χ0n) is 15.5. The fraction of sp³-hybridized carbons (Fsp3) is 0. The quantitative estimate of drug-likeness (QED) is 0.338. The molecule has 1 amide bonds. The number of hydrogen-bond donors (Lipinski definition) is 4. The van der Waals surface area contributed by atoms with E-state index in [-0.39, 0.29) is 27.3 Å². The summed E-state index contributed by atoms with van der Waals surface area (Å²) >= 11 is 0. The number of anilines is 2. The molecule has 0 aliphatic heterocycles. The molecule has 7 nitrogen and oxygen atoms in total. The standard InChI is InChI=1S/C19H14BF3N2O5S/c21-15-9-12(10-16(22)18(15)23)24-19(26)11-4-3-5-13(8-11)31(29,30)25-17-7-2-1-6-14(17)20(27)28/h1-10,25,27-28H,(H,24,26). The Morgan fingerprint density at radius 1 is 0.903 bits per heavy atom. The van der Waals surface area contributed by atoms with Gasteiger partial charge in [-0.15, -0.1) is 0 Å². The molecule has 0 bridgehead atoms. The molecular formula is C19H14BF3N2O5S. The van der Waals surface area contributed by atoms with Crippen molar-refractivity contribution in [2.24, 2.45) is 0 Å². The van der Waals surface area contributed by atoms with E-state index in [1.54, 1.807) is 0 Å². The van der Waals surface area contributed by atoms with Crippen LogP contribution in [0.1, 0.15) is 10.4 Å². The third kappa shape index (κ3) is 5.05. The number of hydrogen-bond acceptors (Lipinski definition) is 5. The van der Waals surface area contributed by atoms with Crippen molar-refractivity contribution >= 4 is 39.9 Å². The van der Waals surface area contributed by atoms with Crippen LogP contribution in [0.4, 0.5) is 24.5 Å². The molecule has 0 saturated carbocycles. The summed E-state index contributed by atoms with van der Waals surface area (Å²) in [7, 11) is -6.16. The maximum absolute atomic E-state index is 13.3. The molecule has 0 radical (unpaired) electrons. The Bertz CT molecular complexity index is 1230. The number of nitrogens with one attached hydrogen (secondary N) is 2. The largest absolute Gasteiger partial charge is 0.490 e. The Balaban J connectivity index is 1.86. The normalized spacial score (nSPS) is 11.1. The summed E-state index contributed by atoms with van der Waals surface area (Å²) < 4.78 is 67.3. The van der Waals surface area contributed by atoms with E-state index in [0.29, 0.717) is 12.1 Å². The fourth-order valence-corrected chi connectivity index (χ4v) is 3.79. The van der Waals surface area contributed by atoms with Crippen molar-refractivity contribution in [1.82, 2.24) is 0 Å². The number of carbonyl (C=O) groups excluding carboxylic acids is 1. The molecule has 0 saturated heterocycles. The van der Waals surface area contributed by atoms with Crippen LogP contribution in [-0.4, -0.2) is 31.5 Å². The average Bonchev–Trinajstić information content (AvgIpc) is 2.72. The third-order valence-electron chi connectivity index (χ3n) is 4.13. The fourth-order valence-electron chi connectivity index (χ4n) is 2.65. The van der Waals surface area contributed by atoms with Crippen molar-refractivity contribution in [3.8, 4) is 0 Å². The Hall–Kier alpha value is -3.35. The molecule has 0 aromatic heterocycles. The van der Waals surface area contributed by atoms with E-state index in [0.717, 1.165) is 6.07 Å². The summed E-state index contributed by atoms with van der Waals surface area (Å²) in [6.07, 6.45) is 0. The Kier molecular flexibility index (Phi) is 6.34. The molecule has 0 spiro atoms. The van der Waals surface area contributed by atoms with Crippen LogP contribution in [0.3, 0.4) is 0 Å². The predicted octanol–water partition coefficient (Wildman–Crippen LogP) is 1.84. The molecule has 0 aliphatic carbocycles. The van der Waals surface area contributed by atoms with Crippen molar-refractivity contribution in [1.29, 1.82) is 0 Å². The van der Waals surface area contributed by atoms with Crippen LogP contribution in [0.25, 0.3) is 0 Å². The molecule has 12 heteroatoms. The maximum Gasteiger partial charge on any atom is 0.490 e. The summed E-state index contributed by atoms with van der Waals surface area (Å²) in [5.74, 6) is -5.58. The Morgan fingerprint density at radius 2 is 1.55 bits per heavy atom. The summed E-state index contributed by atoms with van der Waals surface area (Å²) in [6, 6.07) is 11.5. The maximum atomic E-state index is 13.3. The van der Waals surface area contributed by atoms with Crippen LogP contribution >= 0.6 is 0 Å². The van der Waals surface area contributed by atoms with Crippen molar-refractivity contribution in [2.75, 3.05) is 10.0 Å². The van der Waals surface area contributed by atoms with Gasteiger partial charge in [0.25, 0.3) is 15.9 Å².